The molecule has 1 aromatic rings. The van der Waals surface area contributed by atoms with Crippen LogP contribution in [-0.2, 0) is 16.6 Å². The van der Waals surface area contributed by atoms with Crippen LogP contribution in [0.4, 0.5) is 0 Å². The van der Waals surface area contributed by atoms with Crippen molar-refractivity contribution in [3.8, 4) is 0 Å². The molecule has 1 aromatic heterocycles. The quantitative estimate of drug-likeness (QED) is 0.715. The molecule has 1 aliphatic rings. The predicted octanol–water partition coefficient (Wildman–Crippen LogP) is -0.819. The summed E-state index contributed by atoms with van der Waals surface area (Å²) in [5, 5.41) is 3.99. The van der Waals surface area contributed by atoms with E-state index in [4.69, 9.17) is 0 Å². The van der Waals surface area contributed by atoms with Crippen LogP contribution in [0.25, 0.3) is 0 Å². The maximum absolute atomic E-state index is 12.5. The molecule has 0 radical (unpaired) electrons. The van der Waals surface area contributed by atoms with Gasteiger partial charge in [-0.25, -0.2) is 0 Å². The van der Waals surface area contributed by atoms with E-state index in [1.54, 1.807) is 36.9 Å². The first-order valence-corrected chi connectivity index (χ1v) is 7.07. The Morgan fingerprint density at radius 2 is 1.95 bits per heavy atom. The van der Waals surface area contributed by atoms with Gasteiger partial charge in [0.1, 0.15) is 6.04 Å². The van der Waals surface area contributed by atoms with E-state index >= 15 is 0 Å². The Bertz CT molecular complexity index is 595. The van der Waals surface area contributed by atoms with Gasteiger partial charge in [0.2, 0.25) is 11.8 Å². The molecule has 0 saturated carbocycles. The Kier molecular flexibility index (Phi) is 4.48. The average Bonchev–Trinajstić information content (AvgIpc) is 2.91. The van der Waals surface area contributed by atoms with Crippen LogP contribution in [-0.4, -0.2) is 82.0 Å². The molecule has 2 heterocycles. The second-order valence-electron chi connectivity index (χ2n) is 5.61. The van der Waals surface area contributed by atoms with Crippen LogP contribution in [0.1, 0.15) is 17.3 Å². The van der Waals surface area contributed by atoms with Gasteiger partial charge in [-0.3, -0.25) is 19.1 Å². The van der Waals surface area contributed by atoms with Gasteiger partial charge < -0.3 is 14.7 Å². The zero-order valence-corrected chi connectivity index (χ0v) is 13.3. The number of aryl methyl sites for hydroxylation is 1. The van der Waals surface area contributed by atoms with Crippen molar-refractivity contribution >= 4 is 17.7 Å². The van der Waals surface area contributed by atoms with Crippen LogP contribution in [0.3, 0.4) is 0 Å². The molecule has 0 spiro atoms. The van der Waals surface area contributed by atoms with Crippen LogP contribution in [0.5, 0.6) is 0 Å². The van der Waals surface area contributed by atoms with Crippen molar-refractivity contribution in [3.05, 3.63) is 18.0 Å². The van der Waals surface area contributed by atoms with E-state index in [1.165, 1.54) is 22.9 Å². The Balaban J connectivity index is 2.18. The summed E-state index contributed by atoms with van der Waals surface area (Å²) in [4.78, 5) is 41.1. The maximum atomic E-state index is 12.5. The number of piperazine rings is 1. The lowest BCUT2D eigenvalue weighted by atomic mass is 10.1. The van der Waals surface area contributed by atoms with Crippen molar-refractivity contribution in [1.29, 1.82) is 0 Å². The number of carbonyl (C=O) groups excluding carboxylic acids is 3. The number of nitrogens with zero attached hydrogens (tertiary/aromatic N) is 5. The normalized spacial score (nSPS) is 18.3. The number of rotatable bonds is 2. The fourth-order valence-corrected chi connectivity index (χ4v) is 2.57. The molecule has 1 saturated heterocycles. The van der Waals surface area contributed by atoms with E-state index in [1.807, 2.05) is 0 Å². The van der Waals surface area contributed by atoms with Crippen LogP contribution >= 0.6 is 0 Å². The smallest absolute Gasteiger partial charge is 0.257 e. The summed E-state index contributed by atoms with van der Waals surface area (Å²) in [5.74, 6) is -0.513. The summed E-state index contributed by atoms with van der Waals surface area (Å²) in [6, 6.07) is -0.637. The molecule has 1 fully saturated rings. The van der Waals surface area contributed by atoms with Crippen LogP contribution < -0.4 is 0 Å². The first-order chi connectivity index (χ1) is 10.3. The van der Waals surface area contributed by atoms with E-state index in [0.29, 0.717) is 18.7 Å². The molecular formula is C14H21N5O3. The average molecular weight is 307 g/mol. The summed E-state index contributed by atoms with van der Waals surface area (Å²) in [6.07, 6.45) is 3.14. The Morgan fingerprint density at radius 1 is 1.27 bits per heavy atom. The summed E-state index contributed by atoms with van der Waals surface area (Å²) in [7, 11) is 5.02. The molecule has 1 aliphatic heterocycles. The minimum atomic E-state index is -0.637. The molecule has 1 atom stereocenters. The maximum Gasteiger partial charge on any atom is 0.257 e. The standard InChI is InChI=1S/C14H21N5O3/c1-10(20)19-6-5-18(9-12(19)14(22)16(2)3)13(21)11-7-15-17(4)8-11/h7-8,12H,5-6,9H2,1-4H3/t12-/m1/s1. The summed E-state index contributed by atoms with van der Waals surface area (Å²) >= 11 is 0. The number of carbonyl (C=O) groups is 3. The summed E-state index contributed by atoms with van der Waals surface area (Å²) in [5.41, 5.74) is 0.481. The third-order valence-electron chi connectivity index (χ3n) is 3.75. The van der Waals surface area contributed by atoms with Gasteiger partial charge in [0.25, 0.3) is 5.91 Å². The SMILES string of the molecule is CC(=O)N1CCN(C(=O)c2cnn(C)c2)C[C@@H]1C(=O)N(C)C. The van der Waals surface area contributed by atoms with Crippen LogP contribution in [0, 0.1) is 0 Å². The highest BCUT2D eigenvalue weighted by atomic mass is 16.2. The minimum absolute atomic E-state index is 0.159. The van der Waals surface area contributed by atoms with Crippen LogP contribution in [0.2, 0.25) is 0 Å². The fourth-order valence-electron chi connectivity index (χ4n) is 2.57. The molecule has 8 heteroatoms. The lowest BCUT2D eigenvalue weighted by Gasteiger charge is -2.40. The number of aromatic nitrogens is 2. The van der Waals surface area contributed by atoms with Gasteiger partial charge in [-0.1, -0.05) is 0 Å². The van der Waals surface area contributed by atoms with Gasteiger partial charge in [0, 0.05) is 47.4 Å². The molecule has 22 heavy (non-hydrogen) atoms. The fraction of sp³-hybridized carbons (Fsp3) is 0.571. The molecule has 0 aromatic carbocycles. The zero-order valence-electron chi connectivity index (χ0n) is 13.3. The van der Waals surface area contributed by atoms with Gasteiger partial charge in [-0.15, -0.1) is 0 Å². The van der Waals surface area contributed by atoms with Gasteiger partial charge >= 0.3 is 0 Å². The third-order valence-corrected chi connectivity index (χ3v) is 3.75. The van der Waals surface area contributed by atoms with Crippen molar-refractivity contribution in [2.45, 2.75) is 13.0 Å². The van der Waals surface area contributed by atoms with Gasteiger partial charge in [0.15, 0.2) is 0 Å². The second kappa shape index (κ2) is 6.17. The Morgan fingerprint density at radius 3 is 2.45 bits per heavy atom. The van der Waals surface area contributed by atoms with Crippen LogP contribution in [0.15, 0.2) is 12.4 Å². The lowest BCUT2D eigenvalue weighted by molar-refractivity contribution is -0.146. The third kappa shape index (κ3) is 3.10. The van der Waals surface area contributed by atoms with Crippen molar-refractivity contribution in [3.63, 3.8) is 0 Å². The highest BCUT2D eigenvalue weighted by Gasteiger charge is 2.36. The monoisotopic (exact) mass is 307 g/mol. The molecule has 120 valence electrons. The van der Waals surface area contributed by atoms with Crippen molar-refractivity contribution < 1.29 is 14.4 Å². The van der Waals surface area contributed by atoms with Crippen molar-refractivity contribution in [2.75, 3.05) is 33.7 Å². The Labute approximate surface area is 129 Å². The van der Waals surface area contributed by atoms with Gasteiger partial charge in [-0.05, 0) is 0 Å². The van der Waals surface area contributed by atoms with Crippen molar-refractivity contribution in [2.24, 2.45) is 7.05 Å². The second-order valence-corrected chi connectivity index (χ2v) is 5.61. The Hall–Kier alpha value is -2.38. The van der Waals surface area contributed by atoms with Crippen molar-refractivity contribution in [1.82, 2.24) is 24.5 Å². The van der Waals surface area contributed by atoms with E-state index in [0.717, 1.165) is 0 Å². The topological polar surface area (TPSA) is 78.8 Å². The first-order valence-electron chi connectivity index (χ1n) is 7.07. The molecule has 2 rings (SSSR count). The van der Waals surface area contributed by atoms with Gasteiger partial charge in [-0.2, -0.15) is 5.10 Å². The number of hydrogen-bond acceptors (Lipinski definition) is 4. The van der Waals surface area contributed by atoms with E-state index in [-0.39, 0.29) is 24.3 Å². The highest BCUT2D eigenvalue weighted by Crippen LogP contribution is 2.15. The predicted molar refractivity (Wildman–Crippen MR) is 79.0 cm³/mol. The van der Waals surface area contributed by atoms with E-state index in [9.17, 15) is 14.4 Å². The molecule has 0 N–H and O–H groups in total. The van der Waals surface area contributed by atoms with Gasteiger partial charge in [0.05, 0.1) is 18.3 Å². The summed E-state index contributed by atoms with van der Waals surface area (Å²) < 4.78 is 1.56. The largest absolute Gasteiger partial charge is 0.347 e. The molecule has 3 amide bonds. The number of hydrogen-bond donors (Lipinski definition) is 0. The van der Waals surface area contributed by atoms with E-state index < -0.39 is 6.04 Å². The summed E-state index contributed by atoms with van der Waals surface area (Å²) in [6.45, 7) is 2.40. The lowest BCUT2D eigenvalue weighted by Crippen LogP contribution is -2.60. The molecule has 0 aliphatic carbocycles. The molecule has 8 nitrogen and oxygen atoms in total. The van der Waals surface area contributed by atoms with E-state index in [2.05, 4.69) is 5.10 Å². The minimum Gasteiger partial charge on any atom is -0.347 e. The number of likely N-dealkylation sites (N-methyl/N-ethyl adjacent to an activating group) is 1. The molecule has 0 unspecified atom stereocenters. The molecular weight excluding hydrogens is 286 g/mol. The first kappa shape index (κ1) is 16.0. The molecule has 0 bridgehead atoms. The highest BCUT2D eigenvalue weighted by molar-refractivity contribution is 5.95. The number of amides is 3. The zero-order chi connectivity index (χ0) is 16.4.